The smallest absolute Gasteiger partial charge is 0.305 e. The molecule has 1 aromatic carbocycles. The topological polar surface area (TPSA) is 125 Å². The van der Waals surface area contributed by atoms with E-state index in [9.17, 15) is 9.59 Å². The van der Waals surface area contributed by atoms with Crippen molar-refractivity contribution in [3.05, 3.63) is 64.4 Å². The second kappa shape index (κ2) is 16.0. The van der Waals surface area contributed by atoms with E-state index < -0.39 is 12.1 Å². The molecule has 2 unspecified atom stereocenters. The molecule has 0 saturated heterocycles. The van der Waals surface area contributed by atoms with Crippen LogP contribution in [0.1, 0.15) is 82.3 Å². The molecule has 0 saturated carbocycles. The monoisotopic (exact) mass is 562 g/mol. The number of fused-ring (bicyclic) bond motifs is 3. The van der Waals surface area contributed by atoms with E-state index in [0.717, 1.165) is 22.8 Å². The molecule has 3 rings (SSSR count). The van der Waals surface area contributed by atoms with Gasteiger partial charge in [-0.3, -0.25) is 14.2 Å². The summed E-state index contributed by atoms with van der Waals surface area (Å²) in [6, 6.07) is 5.63. The van der Waals surface area contributed by atoms with Crippen LogP contribution < -0.4 is 5.32 Å². The maximum atomic E-state index is 12.5. The normalized spacial score (nSPS) is 16.7. The number of nitrogens with zero attached hydrogens (tertiary/aromatic N) is 3. The maximum absolute atomic E-state index is 12.5. The number of ether oxygens (including phenoxy) is 3. The second-order valence-electron chi connectivity index (χ2n) is 9.12. The molecule has 39 heavy (non-hydrogen) atoms. The highest BCUT2D eigenvalue weighted by atomic mass is 35.5. The first kappa shape index (κ1) is 32.0. The third-order valence-corrected chi connectivity index (χ3v) is 6.15. The van der Waals surface area contributed by atoms with Gasteiger partial charge in [0.05, 0.1) is 31.7 Å². The number of carbonyl (C=O) groups is 2. The number of hydrogen-bond donors (Lipinski definition) is 2. The van der Waals surface area contributed by atoms with Gasteiger partial charge in [-0.25, -0.2) is 0 Å². The van der Waals surface area contributed by atoms with E-state index in [4.69, 9.17) is 30.9 Å². The van der Waals surface area contributed by atoms with Crippen molar-refractivity contribution in [3.63, 3.8) is 0 Å². The zero-order chi connectivity index (χ0) is 28.9. The molecule has 0 aliphatic carbocycles. The molecule has 1 aliphatic heterocycles. The SMILES string of the molecule is C/C=C(\COC)OC.C/C=C\CC1OC(CC(=O)NCCC(=O)O)c2nnc(C(C)C)n2-c2ccc(Cl)cc21. The number of methoxy groups -OCH3 is 2. The zero-order valence-electron chi connectivity index (χ0n) is 23.4. The molecule has 0 fully saturated rings. The highest BCUT2D eigenvalue weighted by molar-refractivity contribution is 6.30. The Morgan fingerprint density at radius 1 is 1.23 bits per heavy atom. The molecule has 11 heteroatoms. The standard InChI is InChI=1S/C22H27ClN4O4.C6H12O2/c1-4-5-6-17-15-11-14(23)7-8-16(15)27-21(13(2)3)25-26-22(27)18(31-17)12-19(28)24-10-9-20(29)30;1-4-6(8-3)5-7-2/h4-5,7-8,11,13,17-18H,6,9-10,12H2,1-3H3,(H,24,28)(H,29,30);4H,5H2,1-3H3/b5-4-;6-4+. The van der Waals surface area contributed by atoms with E-state index in [1.165, 1.54) is 0 Å². The lowest BCUT2D eigenvalue weighted by Crippen LogP contribution is -2.28. The van der Waals surface area contributed by atoms with Crippen LogP contribution in [0.4, 0.5) is 0 Å². The Morgan fingerprint density at radius 2 is 1.97 bits per heavy atom. The van der Waals surface area contributed by atoms with Crippen LogP contribution in [0.5, 0.6) is 0 Å². The molecule has 0 bridgehead atoms. The number of hydrogen-bond acceptors (Lipinski definition) is 7. The number of carboxylic acids is 1. The second-order valence-corrected chi connectivity index (χ2v) is 9.55. The van der Waals surface area contributed by atoms with Gasteiger partial charge in [0.15, 0.2) is 5.82 Å². The molecule has 2 heterocycles. The van der Waals surface area contributed by atoms with Gasteiger partial charge in [0.2, 0.25) is 5.91 Å². The Morgan fingerprint density at radius 3 is 2.54 bits per heavy atom. The number of halogens is 1. The fourth-order valence-electron chi connectivity index (χ4n) is 3.99. The fourth-order valence-corrected chi connectivity index (χ4v) is 4.17. The predicted molar refractivity (Wildman–Crippen MR) is 149 cm³/mol. The van der Waals surface area contributed by atoms with E-state index in [1.807, 2.05) is 68.7 Å². The molecule has 2 N–H and O–H groups in total. The number of carbonyl (C=O) groups excluding carboxylic acids is 1. The molecular weight excluding hydrogens is 524 g/mol. The van der Waals surface area contributed by atoms with Gasteiger partial charge in [-0.05, 0) is 44.5 Å². The molecule has 10 nitrogen and oxygen atoms in total. The first-order valence-corrected chi connectivity index (χ1v) is 13.2. The van der Waals surface area contributed by atoms with Gasteiger partial charge < -0.3 is 24.6 Å². The lowest BCUT2D eigenvalue weighted by atomic mass is 10.0. The predicted octanol–water partition coefficient (Wildman–Crippen LogP) is 5.29. The molecule has 0 spiro atoms. The summed E-state index contributed by atoms with van der Waals surface area (Å²) >= 11 is 6.31. The number of rotatable bonds is 11. The van der Waals surface area contributed by atoms with E-state index in [0.29, 0.717) is 23.9 Å². The zero-order valence-corrected chi connectivity index (χ0v) is 24.2. The van der Waals surface area contributed by atoms with Crippen molar-refractivity contribution < 1.29 is 28.9 Å². The molecule has 1 amide bonds. The van der Waals surface area contributed by atoms with Crippen molar-refractivity contribution in [2.45, 2.75) is 65.1 Å². The van der Waals surface area contributed by atoms with E-state index in [1.54, 1.807) is 14.2 Å². The minimum atomic E-state index is -0.967. The van der Waals surface area contributed by atoms with Crippen molar-refractivity contribution in [2.24, 2.45) is 0 Å². The highest BCUT2D eigenvalue weighted by Crippen LogP contribution is 2.41. The summed E-state index contributed by atoms with van der Waals surface area (Å²) in [6.07, 6.45) is 5.33. The van der Waals surface area contributed by atoms with E-state index in [2.05, 4.69) is 15.5 Å². The Bertz CT molecular complexity index is 1160. The van der Waals surface area contributed by atoms with Crippen LogP contribution in [0.25, 0.3) is 5.69 Å². The Hall–Kier alpha value is -3.21. The van der Waals surface area contributed by atoms with Gasteiger partial charge >= 0.3 is 5.97 Å². The van der Waals surface area contributed by atoms with Gasteiger partial charge in [-0.15, -0.1) is 10.2 Å². The molecule has 2 atom stereocenters. The van der Waals surface area contributed by atoms with Crippen LogP contribution in [0.3, 0.4) is 0 Å². The third kappa shape index (κ3) is 9.19. The summed E-state index contributed by atoms with van der Waals surface area (Å²) in [6.45, 7) is 8.54. The Labute approximate surface area is 235 Å². The van der Waals surface area contributed by atoms with Crippen LogP contribution in [0.2, 0.25) is 5.02 Å². The van der Waals surface area contributed by atoms with Crippen molar-refractivity contribution in [1.82, 2.24) is 20.1 Å². The number of aliphatic carboxylic acids is 1. The van der Waals surface area contributed by atoms with Crippen molar-refractivity contribution in [3.8, 4) is 5.69 Å². The average molecular weight is 563 g/mol. The Kier molecular flexibility index (Phi) is 13.1. The minimum Gasteiger partial charge on any atom is -0.499 e. The van der Waals surface area contributed by atoms with Gasteiger partial charge in [0.1, 0.15) is 24.3 Å². The molecule has 214 valence electrons. The highest BCUT2D eigenvalue weighted by Gasteiger charge is 2.34. The van der Waals surface area contributed by atoms with Crippen molar-refractivity contribution >= 4 is 23.5 Å². The van der Waals surface area contributed by atoms with Gasteiger partial charge in [0.25, 0.3) is 0 Å². The molecular formula is C28H39ClN4O6. The fraction of sp³-hybridized carbons (Fsp3) is 0.500. The Balaban J connectivity index is 0.000000580. The van der Waals surface area contributed by atoms with Gasteiger partial charge in [-0.2, -0.15) is 0 Å². The summed E-state index contributed by atoms with van der Waals surface area (Å²) in [5.74, 6) is 1.01. The van der Waals surface area contributed by atoms with E-state index >= 15 is 0 Å². The van der Waals surface area contributed by atoms with E-state index in [-0.39, 0.29) is 37.3 Å². The molecule has 2 aromatic rings. The number of allylic oxidation sites excluding steroid dienone is 2. The van der Waals surface area contributed by atoms with Crippen molar-refractivity contribution in [2.75, 3.05) is 27.4 Å². The lowest BCUT2D eigenvalue weighted by molar-refractivity contribution is -0.137. The first-order chi connectivity index (χ1) is 18.7. The van der Waals surface area contributed by atoms with Crippen LogP contribution >= 0.6 is 11.6 Å². The van der Waals surface area contributed by atoms with Gasteiger partial charge in [-0.1, -0.05) is 37.6 Å². The summed E-state index contributed by atoms with van der Waals surface area (Å²) in [5, 5.41) is 20.8. The third-order valence-electron chi connectivity index (χ3n) is 5.91. The summed E-state index contributed by atoms with van der Waals surface area (Å²) in [4.78, 5) is 23.3. The van der Waals surface area contributed by atoms with Crippen LogP contribution in [-0.4, -0.2) is 59.1 Å². The van der Waals surface area contributed by atoms with Crippen LogP contribution in [0, 0.1) is 0 Å². The lowest BCUT2D eigenvalue weighted by Gasteiger charge is -2.21. The number of amides is 1. The van der Waals surface area contributed by atoms with Crippen LogP contribution in [-0.2, 0) is 23.8 Å². The molecule has 1 aromatic heterocycles. The number of benzene rings is 1. The van der Waals surface area contributed by atoms with Crippen LogP contribution in [0.15, 0.2) is 42.2 Å². The molecule has 1 aliphatic rings. The minimum absolute atomic E-state index is 0.00388. The average Bonchev–Trinajstić information content (AvgIpc) is 3.30. The number of carboxylic acid groups (broad SMARTS) is 1. The maximum Gasteiger partial charge on any atom is 0.305 e. The summed E-state index contributed by atoms with van der Waals surface area (Å²) < 4.78 is 18.0. The summed E-state index contributed by atoms with van der Waals surface area (Å²) in [5.41, 5.74) is 1.79. The van der Waals surface area contributed by atoms with Gasteiger partial charge in [0, 0.05) is 30.2 Å². The first-order valence-electron chi connectivity index (χ1n) is 12.8. The quantitative estimate of drug-likeness (QED) is 0.280. The summed E-state index contributed by atoms with van der Waals surface area (Å²) in [7, 11) is 3.27. The molecule has 0 radical (unpaired) electrons. The number of aromatic nitrogens is 3. The largest absolute Gasteiger partial charge is 0.499 e. The van der Waals surface area contributed by atoms with Crippen molar-refractivity contribution in [1.29, 1.82) is 0 Å². The number of nitrogens with one attached hydrogen (secondary N) is 1.